The second kappa shape index (κ2) is 8.41. The Morgan fingerprint density at radius 3 is 2.15 bits per heavy atom. The van der Waals surface area contributed by atoms with Gasteiger partial charge in [0, 0.05) is 5.69 Å². The molecule has 0 spiro atoms. The zero-order valence-electron chi connectivity index (χ0n) is 19.2. The summed E-state index contributed by atoms with van der Waals surface area (Å²) in [6.45, 7) is 6.57. The molecule has 0 fully saturated rings. The minimum atomic E-state index is -2.02. The van der Waals surface area contributed by atoms with Gasteiger partial charge in [0.05, 0.1) is 5.56 Å². The van der Waals surface area contributed by atoms with Gasteiger partial charge in [-0.1, -0.05) is 114 Å². The third kappa shape index (κ3) is 4.00. The van der Waals surface area contributed by atoms with Crippen LogP contribution in [0.2, 0.25) is 13.1 Å². The standard InChI is InChI=1S/C28H27BN2OSi/c1-20-13-15-21(16-14-20)22-17-18-27(33(2,3)23-9-5-4-6-10-23)25(19-22)29-30-26-12-8-7-11-24(26)28(32)31-29/h4-19,30H,1-3H3,(H,31,32). The number of hydrogen-bond acceptors (Lipinski definition) is 2. The fraction of sp³-hybridized carbons (Fsp3) is 0.107. The van der Waals surface area contributed by atoms with E-state index in [0.29, 0.717) is 5.56 Å². The molecular weight excluding hydrogens is 419 g/mol. The Bertz CT molecular complexity index is 1320. The number of rotatable bonds is 4. The lowest BCUT2D eigenvalue weighted by molar-refractivity contribution is 0.0979. The van der Waals surface area contributed by atoms with E-state index in [1.807, 2.05) is 24.3 Å². The van der Waals surface area contributed by atoms with Crippen molar-refractivity contribution in [3.05, 3.63) is 108 Å². The van der Waals surface area contributed by atoms with Gasteiger partial charge in [0.1, 0.15) is 8.07 Å². The summed E-state index contributed by atoms with van der Waals surface area (Å²) in [6.07, 6.45) is 0. The summed E-state index contributed by atoms with van der Waals surface area (Å²) >= 11 is 0. The number of fused-ring (bicyclic) bond motifs is 1. The fourth-order valence-electron chi connectivity index (χ4n) is 4.67. The molecule has 0 atom stereocenters. The first-order valence-electron chi connectivity index (χ1n) is 11.4. The van der Waals surface area contributed by atoms with E-state index in [1.54, 1.807) is 0 Å². The lowest BCUT2D eigenvalue weighted by Crippen LogP contribution is -2.67. The molecule has 2 N–H and O–H groups in total. The van der Waals surface area contributed by atoms with Gasteiger partial charge in [-0.2, -0.15) is 0 Å². The first kappa shape index (κ1) is 21.3. The fourth-order valence-corrected chi connectivity index (χ4v) is 7.44. The van der Waals surface area contributed by atoms with Crippen LogP contribution in [0.4, 0.5) is 5.69 Å². The van der Waals surface area contributed by atoms with E-state index < -0.39 is 8.07 Å². The summed E-state index contributed by atoms with van der Waals surface area (Å²) in [5.41, 5.74) is 6.26. The number of carbonyl (C=O) groups is 1. The van der Waals surface area contributed by atoms with Gasteiger partial charge in [0.2, 0.25) is 5.91 Å². The molecule has 0 aromatic heterocycles. The van der Waals surface area contributed by atoms with Crippen LogP contribution in [-0.4, -0.2) is 21.0 Å². The van der Waals surface area contributed by atoms with E-state index in [0.717, 1.165) is 16.7 Å². The summed E-state index contributed by atoms with van der Waals surface area (Å²) in [7, 11) is -2.02. The SMILES string of the molecule is Cc1ccc(-c2ccc([Si](C)(C)c3ccccc3)c(B3NC(=O)c4ccccc4N3)c2)cc1. The topological polar surface area (TPSA) is 41.1 Å². The molecule has 0 radical (unpaired) electrons. The van der Waals surface area contributed by atoms with Crippen molar-refractivity contribution in [3.63, 3.8) is 0 Å². The van der Waals surface area contributed by atoms with Gasteiger partial charge < -0.3 is 10.5 Å². The highest BCUT2D eigenvalue weighted by atomic mass is 28.3. The molecule has 0 bridgehead atoms. The van der Waals surface area contributed by atoms with Gasteiger partial charge in [-0.3, -0.25) is 4.79 Å². The smallest absolute Gasteiger partial charge is 0.405 e. The van der Waals surface area contributed by atoms with Gasteiger partial charge >= 0.3 is 6.98 Å². The average molecular weight is 446 g/mol. The average Bonchev–Trinajstić information content (AvgIpc) is 2.84. The molecule has 0 saturated carbocycles. The van der Waals surface area contributed by atoms with E-state index in [2.05, 4.69) is 103 Å². The first-order chi connectivity index (χ1) is 15.9. The minimum Gasteiger partial charge on any atom is -0.405 e. The number of carbonyl (C=O) groups excluding carboxylic acids is 1. The summed E-state index contributed by atoms with van der Waals surface area (Å²) in [6, 6.07) is 33.8. The van der Waals surface area contributed by atoms with Crippen LogP contribution >= 0.6 is 0 Å². The zero-order valence-corrected chi connectivity index (χ0v) is 20.2. The van der Waals surface area contributed by atoms with E-state index in [9.17, 15) is 4.79 Å². The molecule has 5 rings (SSSR count). The molecule has 1 heterocycles. The molecule has 162 valence electrons. The molecule has 0 saturated heterocycles. The summed E-state index contributed by atoms with van der Waals surface area (Å²) in [5, 5.41) is 9.49. The molecule has 33 heavy (non-hydrogen) atoms. The van der Waals surface area contributed by atoms with Crippen molar-refractivity contribution in [3.8, 4) is 11.1 Å². The van der Waals surface area contributed by atoms with Crippen molar-refractivity contribution in [2.24, 2.45) is 0 Å². The summed E-state index contributed by atoms with van der Waals surface area (Å²) in [5.74, 6) is -0.0415. The maximum atomic E-state index is 13.0. The zero-order chi connectivity index (χ0) is 23.0. The molecular formula is C28H27BN2OSi. The maximum Gasteiger partial charge on any atom is 0.408 e. The molecule has 1 aliphatic heterocycles. The van der Waals surface area contributed by atoms with Gasteiger partial charge in [-0.15, -0.1) is 0 Å². The monoisotopic (exact) mass is 446 g/mol. The molecule has 3 nitrogen and oxygen atoms in total. The van der Waals surface area contributed by atoms with Crippen molar-refractivity contribution >= 4 is 42.5 Å². The van der Waals surface area contributed by atoms with Crippen LogP contribution in [-0.2, 0) is 0 Å². The Kier molecular flexibility index (Phi) is 5.43. The van der Waals surface area contributed by atoms with Crippen LogP contribution in [0.1, 0.15) is 15.9 Å². The van der Waals surface area contributed by atoms with Crippen LogP contribution in [0.3, 0.4) is 0 Å². The number of benzene rings is 4. The highest BCUT2D eigenvalue weighted by Crippen LogP contribution is 2.22. The quantitative estimate of drug-likeness (QED) is 0.465. The lowest BCUT2D eigenvalue weighted by atomic mass is 9.65. The number of para-hydroxylation sites is 1. The molecule has 0 unspecified atom stereocenters. The van der Waals surface area contributed by atoms with Crippen molar-refractivity contribution in [1.29, 1.82) is 0 Å². The van der Waals surface area contributed by atoms with Crippen molar-refractivity contribution in [1.82, 2.24) is 5.23 Å². The van der Waals surface area contributed by atoms with Gasteiger partial charge in [0.25, 0.3) is 0 Å². The summed E-state index contributed by atoms with van der Waals surface area (Å²) in [4.78, 5) is 13.0. The van der Waals surface area contributed by atoms with Crippen LogP contribution in [0.25, 0.3) is 11.1 Å². The molecule has 5 heteroatoms. The van der Waals surface area contributed by atoms with Gasteiger partial charge in [0.15, 0.2) is 0 Å². The predicted octanol–water partition coefficient (Wildman–Crippen LogP) is 4.04. The number of amides is 1. The van der Waals surface area contributed by atoms with Crippen LogP contribution in [0.15, 0.2) is 97.1 Å². The highest BCUT2D eigenvalue weighted by Gasteiger charge is 2.36. The third-order valence-electron chi connectivity index (χ3n) is 6.66. The van der Waals surface area contributed by atoms with E-state index in [-0.39, 0.29) is 12.9 Å². The summed E-state index contributed by atoms with van der Waals surface area (Å²) < 4.78 is 0. The Hall–Kier alpha value is -3.57. The largest absolute Gasteiger partial charge is 0.408 e. The van der Waals surface area contributed by atoms with Crippen LogP contribution in [0, 0.1) is 6.92 Å². The first-order valence-corrected chi connectivity index (χ1v) is 14.4. The number of aryl methyl sites for hydroxylation is 1. The third-order valence-corrected chi connectivity index (χ3v) is 10.2. The Balaban J connectivity index is 1.65. The molecule has 4 aromatic rings. The van der Waals surface area contributed by atoms with E-state index in [4.69, 9.17) is 0 Å². The molecule has 0 aliphatic carbocycles. The number of anilines is 1. The van der Waals surface area contributed by atoms with Crippen molar-refractivity contribution in [2.45, 2.75) is 20.0 Å². The van der Waals surface area contributed by atoms with E-state index in [1.165, 1.54) is 21.5 Å². The highest BCUT2D eigenvalue weighted by molar-refractivity contribution is 7.03. The second-order valence-electron chi connectivity index (χ2n) is 9.26. The lowest BCUT2D eigenvalue weighted by Gasteiger charge is -2.32. The van der Waals surface area contributed by atoms with Crippen LogP contribution < -0.4 is 26.3 Å². The van der Waals surface area contributed by atoms with Crippen molar-refractivity contribution < 1.29 is 4.79 Å². The molecule has 1 amide bonds. The Labute approximate surface area is 197 Å². The molecule has 1 aliphatic rings. The normalized spacial score (nSPS) is 13.2. The maximum absolute atomic E-state index is 13.0. The van der Waals surface area contributed by atoms with Gasteiger partial charge in [-0.25, -0.2) is 0 Å². The van der Waals surface area contributed by atoms with Crippen molar-refractivity contribution in [2.75, 3.05) is 5.23 Å². The second-order valence-corrected chi connectivity index (χ2v) is 13.6. The van der Waals surface area contributed by atoms with Crippen LogP contribution in [0.5, 0.6) is 0 Å². The number of hydrogen-bond donors (Lipinski definition) is 2. The molecule has 4 aromatic carbocycles. The minimum absolute atomic E-state index is 0.0415. The Morgan fingerprint density at radius 2 is 1.39 bits per heavy atom. The van der Waals surface area contributed by atoms with E-state index >= 15 is 0 Å². The Morgan fingerprint density at radius 1 is 0.727 bits per heavy atom. The number of nitrogens with one attached hydrogen (secondary N) is 2. The predicted molar refractivity (Wildman–Crippen MR) is 143 cm³/mol. The van der Waals surface area contributed by atoms with Gasteiger partial charge in [-0.05, 0) is 35.6 Å².